The Balaban J connectivity index is 1.79. The van der Waals surface area contributed by atoms with E-state index in [1.807, 2.05) is 54.6 Å². The van der Waals surface area contributed by atoms with Crippen LogP contribution in [0.3, 0.4) is 0 Å². The number of pyridine rings is 1. The van der Waals surface area contributed by atoms with E-state index in [4.69, 9.17) is 10.5 Å². The van der Waals surface area contributed by atoms with Crippen molar-refractivity contribution in [2.24, 2.45) is 0 Å². The second-order valence-corrected chi connectivity index (χ2v) is 4.77. The monoisotopic (exact) mass is 276 g/mol. The zero-order valence-corrected chi connectivity index (χ0v) is 11.6. The number of nitrogens with two attached hydrogens (primary N) is 1. The summed E-state index contributed by atoms with van der Waals surface area (Å²) in [6.45, 7) is 0.548. The smallest absolute Gasteiger partial charge is 0.120 e. The number of aromatic nitrogens is 1. The van der Waals surface area contributed by atoms with Crippen LogP contribution in [-0.4, -0.2) is 4.98 Å². The van der Waals surface area contributed by atoms with Crippen LogP contribution in [0.2, 0.25) is 0 Å². The van der Waals surface area contributed by atoms with Gasteiger partial charge in [-0.3, -0.25) is 4.98 Å². The van der Waals surface area contributed by atoms with E-state index in [2.05, 4.69) is 4.98 Å². The van der Waals surface area contributed by atoms with Gasteiger partial charge in [0, 0.05) is 23.6 Å². The molecular weight excluding hydrogens is 260 g/mol. The van der Waals surface area contributed by atoms with Crippen LogP contribution < -0.4 is 10.5 Å². The predicted molar refractivity (Wildman–Crippen MR) is 84.9 cm³/mol. The van der Waals surface area contributed by atoms with E-state index in [9.17, 15) is 0 Å². The number of nitrogen functional groups attached to an aromatic ring is 1. The number of hydrogen-bond acceptors (Lipinski definition) is 3. The molecule has 0 aliphatic carbocycles. The molecule has 3 nitrogen and oxygen atoms in total. The Morgan fingerprint density at radius 2 is 1.81 bits per heavy atom. The minimum absolute atomic E-state index is 0.548. The Hall–Kier alpha value is -2.81. The molecule has 0 aliphatic rings. The normalized spacial score (nSPS) is 10.3. The van der Waals surface area contributed by atoms with Gasteiger partial charge in [-0.2, -0.15) is 0 Å². The summed E-state index contributed by atoms with van der Waals surface area (Å²) < 4.78 is 5.83. The van der Waals surface area contributed by atoms with Gasteiger partial charge in [-0.15, -0.1) is 0 Å². The van der Waals surface area contributed by atoms with Crippen molar-refractivity contribution in [1.82, 2.24) is 4.98 Å². The average Bonchev–Trinajstić information content (AvgIpc) is 2.55. The van der Waals surface area contributed by atoms with Crippen molar-refractivity contribution in [3.63, 3.8) is 0 Å². The summed E-state index contributed by atoms with van der Waals surface area (Å²) in [6.07, 6.45) is 3.46. The van der Waals surface area contributed by atoms with Crippen LogP contribution in [0, 0.1) is 0 Å². The van der Waals surface area contributed by atoms with Gasteiger partial charge in [-0.1, -0.05) is 42.5 Å². The summed E-state index contributed by atoms with van der Waals surface area (Å²) in [5.41, 5.74) is 9.77. The first-order valence-corrected chi connectivity index (χ1v) is 6.79. The van der Waals surface area contributed by atoms with Gasteiger partial charge < -0.3 is 10.5 Å². The zero-order valence-electron chi connectivity index (χ0n) is 11.6. The molecule has 1 aromatic heterocycles. The van der Waals surface area contributed by atoms with Crippen molar-refractivity contribution in [3.8, 4) is 16.9 Å². The Labute approximate surface area is 124 Å². The van der Waals surface area contributed by atoms with Gasteiger partial charge in [-0.25, -0.2) is 0 Å². The van der Waals surface area contributed by atoms with Crippen molar-refractivity contribution in [2.45, 2.75) is 6.61 Å². The van der Waals surface area contributed by atoms with E-state index in [1.54, 1.807) is 18.5 Å². The Morgan fingerprint density at radius 3 is 2.62 bits per heavy atom. The lowest BCUT2D eigenvalue weighted by molar-refractivity contribution is 0.306. The molecule has 0 fully saturated rings. The lowest BCUT2D eigenvalue weighted by Crippen LogP contribution is -1.95. The average molecular weight is 276 g/mol. The highest BCUT2D eigenvalue weighted by atomic mass is 16.5. The van der Waals surface area contributed by atoms with E-state index < -0.39 is 0 Å². The standard InChI is InChI=1S/C18H16N2O/c19-18-9-10-20-12-17(18)15-7-4-8-16(11-15)21-13-14-5-2-1-3-6-14/h1-12H,13H2,(H2,19,20). The van der Waals surface area contributed by atoms with Gasteiger partial charge >= 0.3 is 0 Å². The van der Waals surface area contributed by atoms with Gasteiger partial charge in [0.25, 0.3) is 0 Å². The zero-order chi connectivity index (χ0) is 14.5. The molecule has 3 heteroatoms. The van der Waals surface area contributed by atoms with Crippen molar-refractivity contribution < 1.29 is 4.74 Å². The molecule has 3 aromatic rings. The molecule has 0 amide bonds. The molecule has 0 spiro atoms. The molecule has 0 saturated carbocycles. The molecule has 0 saturated heterocycles. The van der Waals surface area contributed by atoms with Gasteiger partial charge in [-0.05, 0) is 29.3 Å². The fourth-order valence-electron chi connectivity index (χ4n) is 2.14. The number of nitrogens with zero attached hydrogens (tertiary/aromatic N) is 1. The highest BCUT2D eigenvalue weighted by Crippen LogP contribution is 2.27. The molecule has 1 heterocycles. The quantitative estimate of drug-likeness (QED) is 0.786. The van der Waals surface area contributed by atoms with Crippen LogP contribution in [-0.2, 0) is 6.61 Å². The maximum atomic E-state index is 5.99. The van der Waals surface area contributed by atoms with Crippen molar-refractivity contribution >= 4 is 5.69 Å². The van der Waals surface area contributed by atoms with Crippen molar-refractivity contribution in [2.75, 3.05) is 5.73 Å². The number of rotatable bonds is 4. The van der Waals surface area contributed by atoms with Crippen molar-refractivity contribution in [3.05, 3.63) is 78.6 Å². The van der Waals surface area contributed by atoms with Crippen LogP contribution in [0.5, 0.6) is 5.75 Å². The number of benzene rings is 2. The first-order chi connectivity index (χ1) is 10.3. The maximum Gasteiger partial charge on any atom is 0.120 e. The SMILES string of the molecule is Nc1ccncc1-c1cccc(OCc2ccccc2)c1. The van der Waals surface area contributed by atoms with Crippen LogP contribution in [0.15, 0.2) is 73.1 Å². The molecule has 2 aromatic carbocycles. The molecule has 2 N–H and O–H groups in total. The van der Waals surface area contributed by atoms with Crippen LogP contribution >= 0.6 is 0 Å². The number of ether oxygens (including phenoxy) is 1. The van der Waals surface area contributed by atoms with Gasteiger partial charge in [0.15, 0.2) is 0 Å². The second kappa shape index (κ2) is 6.09. The first kappa shape index (κ1) is 13.2. The van der Waals surface area contributed by atoms with E-state index in [-0.39, 0.29) is 0 Å². The summed E-state index contributed by atoms with van der Waals surface area (Å²) in [6, 6.07) is 19.8. The molecule has 0 radical (unpaired) electrons. The molecule has 0 unspecified atom stereocenters. The summed E-state index contributed by atoms with van der Waals surface area (Å²) in [7, 11) is 0. The van der Waals surface area contributed by atoms with Gasteiger partial charge in [0.2, 0.25) is 0 Å². The number of hydrogen-bond donors (Lipinski definition) is 1. The third-order valence-electron chi connectivity index (χ3n) is 3.25. The highest BCUT2D eigenvalue weighted by Gasteiger charge is 2.04. The molecular formula is C18H16N2O. The minimum Gasteiger partial charge on any atom is -0.489 e. The Kier molecular flexibility index (Phi) is 3.83. The fraction of sp³-hybridized carbons (Fsp3) is 0.0556. The van der Waals surface area contributed by atoms with Gasteiger partial charge in [0.05, 0.1) is 0 Å². The fourth-order valence-corrected chi connectivity index (χ4v) is 2.14. The summed E-state index contributed by atoms with van der Waals surface area (Å²) in [5, 5.41) is 0. The third-order valence-corrected chi connectivity index (χ3v) is 3.25. The van der Waals surface area contributed by atoms with Crippen LogP contribution in [0.4, 0.5) is 5.69 Å². The molecule has 104 valence electrons. The first-order valence-electron chi connectivity index (χ1n) is 6.79. The minimum atomic E-state index is 0.548. The van der Waals surface area contributed by atoms with E-state index in [1.165, 1.54) is 0 Å². The summed E-state index contributed by atoms with van der Waals surface area (Å²) in [4.78, 5) is 4.12. The second-order valence-electron chi connectivity index (χ2n) is 4.77. The Morgan fingerprint density at radius 1 is 0.952 bits per heavy atom. The molecule has 21 heavy (non-hydrogen) atoms. The molecule has 0 atom stereocenters. The van der Waals surface area contributed by atoms with E-state index >= 15 is 0 Å². The topological polar surface area (TPSA) is 48.1 Å². The Bertz CT molecular complexity index is 726. The largest absolute Gasteiger partial charge is 0.489 e. The summed E-state index contributed by atoms with van der Waals surface area (Å²) in [5.74, 6) is 0.819. The van der Waals surface area contributed by atoms with E-state index in [0.29, 0.717) is 12.3 Å². The highest BCUT2D eigenvalue weighted by molar-refractivity contribution is 5.75. The molecule has 0 bridgehead atoms. The predicted octanol–water partition coefficient (Wildman–Crippen LogP) is 3.91. The van der Waals surface area contributed by atoms with E-state index in [0.717, 1.165) is 22.4 Å². The number of anilines is 1. The van der Waals surface area contributed by atoms with Crippen LogP contribution in [0.25, 0.3) is 11.1 Å². The lowest BCUT2D eigenvalue weighted by Gasteiger charge is -2.09. The maximum absolute atomic E-state index is 5.99. The molecule has 3 rings (SSSR count). The molecule has 0 aliphatic heterocycles. The summed E-state index contributed by atoms with van der Waals surface area (Å²) >= 11 is 0. The van der Waals surface area contributed by atoms with Crippen LogP contribution in [0.1, 0.15) is 5.56 Å². The third kappa shape index (κ3) is 3.20. The van der Waals surface area contributed by atoms with Crippen molar-refractivity contribution in [1.29, 1.82) is 0 Å². The van der Waals surface area contributed by atoms with Gasteiger partial charge in [0.1, 0.15) is 12.4 Å². The lowest BCUT2D eigenvalue weighted by atomic mass is 10.1.